The summed E-state index contributed by atoms with van der Waals surface area (Å²) in [5, 5.41) is 4.09. The molecule has 1 saturated heterocycles. The van der Waals surface area contributed by atoms with Crippen LogP contribution in [0.15, 0.2) is 60.7 Å². The van der Waals surface area contributed by atoms with E-state index in [4.69, 9.17) is 17.0 Å². The van der Waals surface area contributed by atoms with Crippen molar-refractivity contribution in [3.63, 3.8) is 0 Å². The lowest BCUT2D eigenvalue weighted by molar-refractivity contribution is 0.200. The summed E-state index contributed by atoms with van der Waals surface area (Å²) in [4.78, 5) is 4.68. The van der Waals surface area contributed by atoms with Gasteiger partial charge in [0, 0.05) is 44.5 Å². The molecule has 1 fully saturated rings. The highest BCUT2D eigenvalue weighted by Gasteiger charge is 2.18. The second kappa shape index (κ2) is 9.36. The molecular formula is C21H25N3OS. The highest BCUT2D eigenvalue weighted by Crippen LogP contribution is 2.17. The zero-order chi connectivity index (χ0) is 18.2. The van der Waals surface area contributed by atoms with Gasteiger partial charge in [-0.2, -0.15) is 0 Å². The van der Waals surface area contributed by atoms with Gasteiger partial charge in [0.15, 0.2) is 5.11 Å². The highest BCUT2D eigenvalue weighted by molar-refractivity contribution is 7.80. The molecule has 0 saturated carbocycles. The van der Waals surface area contributed by atoms with Crippen molar-refractivity contribution in [2.45, 2.75) is 0 Å². The van der Waals surface area contributed by atoms with Crippen LogP contribution in [0.25, 0.3) is 6.08 Å². The Balaban J connectivity index is 1.44. The molecule has 0 spiro atoms. The summed E-state index contributed by atoms with van der Waals surface area (Å²) in [5.74, 6) is 0.827. The van der Waals surface area contributed by atoms with Crippen LogP contribution in [-0.4, -0.2) is 54.7 Å². The van der Waals surface area contributed by atoms with Gasteiger partial charge in [-0.1, -0.05) is 48.6 Å². The third-order valence-corrected chi connectivity index (χ3v) is 4.81. The Kier molecular flexibility index (Phi) is 6.63. The van der Waals surface area contributed by atoms with E-state index < -0.39 is 0 Å². The van der Waals surface area contributed by atoms with Crippen molar-refractivity contribution >= 4 is 29.1 Å². The molecule has 0 aliphatic carbocycles. The summed E-state index contributed by atoms with van der Waals surface area (Å²) in [6.07, 6.45) is 4.42. The third-order valence-electron chi connectivity index (χ3n) is 4.45. The van der Waals surface area contributed by atoms with Gasteiger partial charge in [-0.25, -0.2) is 0 Å². The number of ether oxygens (including phenoxy) is 1. The average molecular weight is 368 g/mol. The topological polar surface area (TPSA) is 27.7 Å². The van der Waals surface area contributed by atoms with Crippen LogP contribution in [-0.2, 0) is 0 Å². The Morgan fingerprint density at radius 3 is 2.58 bits per heavy atom. The zero-order valence-electron chi connectivity index (χ0n) is 15.1. The fraction of sp³-hybridized carbons (Fsp3) is 0.286. The Hall–Kier alpha value is -2.37. The van der Waals surface area contributed by atoms with Crippen molar-refractivity contribution in [2.75, 3.05) is 45.2 Å². The molecule has 26 heavy (non-hydrogen) atoms. The quantitative estimate of drug-likeness (QED) is 0.813. The molecular weight excluding hydrogens is 342 g/mol. The van der Waals surface area contributed by atoms with E-state index in [0.29, 0.717) is 0 Å². The van der Waals surface area contributed by atoms with Crippen LogP contribution in [0.2, 0.25) is 0 Å². The van der Waals surface area contributed by atoms with E-state index in [-0.39, 0.29) is 0 Å². The second-order valence-corrected chi connectivity index (χ2v) is 6.65. The van der Waals surface area contributed by atoms with Crippen LogP contribution >= 0.6 is 12.2 Å². The number of methoxy groups -OCH3 is 1. The summed E-state index contributed by atoms with van der Waals surface area (Å²) in [6.45, 7) is 4.88. The maximum absolute atomic E-state index is 5.57. The first-order valence-corrected chi connectivity index (χ1v) is 9.29. The molecule has 0 atom stereocenters. The minimum absolute atomic E-state index is 0.776. The summed E-state index contributed by atoms with van der Waals surface area (Å²) in [7, 11) is 1.67. The number of piperazine rings is 1. The lowest BCUT2D eigenvalue weighted by atomic mass is 10.2. The van der Waals surface area contributed by atoms with E-state index in [9.17, 15) is 0 Å². The lowest BCUT2D eigenvalue weighted by Gasteiger charge is -2.35. The van der Waals surface area contributed by atoms with Gasteiger partial charge in [-0.05, 0) is 29.9 Å². The Bertz CT molecular complexity index is 740. The van der Waals surface area contributed by atoms with Crippen LogP contribution in [0.3, 0.4) is 0 Å². The first-order chi connectivity index (χ1) is 12.7. The fourth-order valence-electron chi connectivity index (χ4n) is 2.94. The standard InChI is InChI=1S/C21H25N3OS/c1-25-20-11-5-10-19(17-20)22-21(26)24-15-13-23(14-16-24)12-6-9-18-7-3-2-4-8-18/h2-11,17H,12-16H2,1H3,(H,22,26)/b9-6-. The van der Waals surface area contributed by atoms with Gasteiger partial charge >= 0.3 is 0 Å². The van der Waals surface area contributed by atoms with E-state index in [2.05, 4.69) is 51.5 Å². The first-order valence-electron chi connectivity index (χ1n) is 8.88. The molecule has 0 radical (unpaired) electrons. The molecule has 1 heterocycles. The molecule has 136 valence electrons. The van der Waals surface area contributed by atoms with Gasteiger partial charge in [0.1, 0.15) is 5.75 Å². The van der Waals surface area contributed by atoms with Crippen LogP contribution in [0.5, 0.6) is 5.75 Å². The fourth-order valence-corrected chi connectivity index (χ4v) is 3.24. The van der Waals surface area contributed by atoms with Crippen molar-refractivity contribution in [3.05, 3.63) is 66.2 Å². The molecule has 3 rings (SSSR count). The monoisotopic (exact) mass is 367 g/mol. The van der Waals surface area contributed by atoms with Gasteiger partial charge in [-0.15, -0.1) is 0 Å². The van der Waals surface area contributed by atoms with Crippen molar-refractivity contribution in [1.29, 1.82) is 0 Å². The minimum atomic E-state index is 0.776. The number of anilines is 1. The zero-order valence-corrected chi connectivity index (χ0v) is 15.9. The molecule has 2 aromatic rings. The predicted octanol–water partition coefficient (Wildman–Crippen LogP) is 3.72. The van der Waals surface area contributed by atoms with Crippen molar-refractivity contribution in [3.8, 4) is 5.75 Å². The number of thiocarbonyl (C=S) groups is 1. The number of hydrogen-bond donors (Lipinski definition) is 1. The maximum Gasteiger partial charge on any atom is 0.173 e. The Morgan fingerprint density at radius 2 is 1.85 bits per heavy atom. The van der Waals surface area contributed by atoms with Gasteiger partial charge < -0.3 is 15.0 Å². The summed E-state index contributed by atoms with van der Waals surface area (Å²) in [5.41, 5.74) is 2.21. The van der Waals surface area contributed by atoms with Crippen LogP contribution in [0.4, 0.5) is 5.69 Å². The lowest BCUT2D eigenvalue weighted by Crippen LogP contribution is -2.49. The van der Waals surface area contributed by atoms with E-state index in [0.717, 1.165) is 49.3 Å². The number of rotatable bonds is 5. The molecule has 0 amide bonds. The molecule has 0 aromatic heterocycles. The first kappa shape index (κ1) is 18.4. The average Bonchev–Trinajstić information content (AvgIpc) is 2.69. The number of nitrogens with one attached hydrogen (secondary N) is 1. The van der Waals surface area contributed by atoms with Crippen molar-refractivity contribution in [1.82, 2.24) is 9.80 Å². The predicted molar refractivity (Wildman–Crippen MR) is 113 cm³/mol. The van der Waals surface area contributed by atoms with Crippen molar-refractivity contribution in [2.24, 2.45) is 0 Å². The molecule has 0 unspecified atom stereocenters. The Labute approximate surface area is 161 Å². The van der Waals surface area contributed by atoms with Crippen LogP contribution < -0.4 is 10.1 Å². The smallest absolute Gasteiger partial charge is 0.173 e. The molecule has 2 aromatic carbocycles. The SMILES string of the molecule is COc1cccc(NC(=S)N2CCN(C/C=C\c3ccccc3)CC2)c1. The van der Waals surface area contributed by atoms with Crippen molar-refractivity contribution < 1.29 is 4.74 Å². The van der Waals surface area contributed by atoms with Gasteiger partial charge in [0.25, 0.3) is 0 Å². The van der Waals surface area contributed by atoms with E-state index >= 15 is 0 Å². The minimum Gasteiger partial charge on any atom is -0.497 e. The van der Waals surface area contributed by atoms with Crippen LogP contribution in [0.1, 0.15) is 5.56 Å². The number of benzene rings is 2. The number of nitrogens with zero attached hydrogens (tertiary/aromatic N) is 2. The molecule has 0 bridgehead atoms. The Morgan fingerprint density at radius 1 is 1.08 bits per heavy atom. The van der Waals surface area contributed by atoms with E-state index in [1.54, 1.807) is 7.11 Å². The number of hydrogen-bond acceptors (Lipinski definition) is 3. The molecule has 1 N–H and O–H groups in total. The van der Waals surface area contributed by atoms with Gasteiger partial charge in [0.2, 0.25) is 0 Å². The highest BCUT2D eigenvalue weighted by atomic mass is 32.1. The molecule has 5 heteroatoms. The van der Waals surface area contributed by atoms with Crippen LogP contribution in [0, 0.1) is 0 Å². The molecule has 4 nitrogen and oxygen atoms in total. The van der Waals surface area contributed by atoms with Gasteiger partial charge in [0.05, 0.1) is 7.11 Å². The van der Waals surface area contributed by atoms with Gasteiger partial charge in [-0.3, -0.25) is 4.90 Å². The maximum atomic E-state index is 5.57. The summed E-state index contributed by atoms with van der Waals surface area (Å²) in [6, 6.07) is 18.3. The molecule has 1 aliphatic heterocycles. The second-order valence-electron chi connectivity index (χ2n) is 6.26. The molecule has 1 aliphatic rings. The van der Waals surface area contributed by atoms with E-state index in [1.807, 2.05) is 30.3 Å². The normalized spacial score (nSPS) is 15.2. The van der Waals surface area contributed by atoms with E-state index in [1.165, 1.54) is 5.56 Å². The summed E-state index contributed by atoms with van der Waals surface area (Å²) < 4.78 is 5.26. The summed E-state index contributed by atoms with van der Waals surface area (Å²) >= 11 is 5.57. The largest absolute Gasteiger partial charge is 0.497 e. The third kappa shape index (κ3) is 5.31.